The lowest BCUT2D eigenvalue weighted by atomic mass is 9.93. The summed E-state index contributed by atoms with van der Waals surface area (Å²) in [5.41, 5.74) is 8.77. The summed E-state index contributed by atoms with van der Waals surface area (Å²) in [7, 11) is 2.17. The Morgan fingerprint density at radius 3 is 2.55 bits per heavy atom. The minimum Gasteiger partial charge on any atom is -0.329 e. The van der Waals surface area contributed by atoms with Gasteiger partial charge < -0.3 is 5.73 Å². The molecule has 2 aromatic rings. The summed E-state index contributed by atoms with van der Waals surface area (Å²) in [4.78, 5) is 2.38. The maximum absolute atomic E-state index is 5.99. The minimum absolute atomic E-state index is 0.421. The van der Waals surface area contributed by atoms with E-state index in [0.717, 1.165) is 13.0 Å². The third-order valence-electron chi connectivity index (χ3n) is 3.90. The van der Waals surface area contributed by atoms with Gasteiger partial charge in [0, 0.05) is 19.1 Å². The van der Waals surface area contributed by atoms with Gasteiger partial charge in [0.1, 0.15) is 0 Å². The number of nitrogens with two attached hydrogens (primary N) is 1. The van der Waals surface area contributed by atoms with E-state index >= 15 is 0 Å². The summed E-state index contributed by atoms with van der Waals surface area (Å²) >= 11 is 1.75. The molecule has 2 unspecified atom stereocenters. The Hall–Kier alpha value is -1.16. The fourth-order valence-electron chi connectivity index (χ4n) is 2.58. The molecule has 0 spiro atoms. The summed E-state index contributed by atoms with van der Waals surface area (Å²) in [6.45, 7) is 3.97. The quantitative estimate of drug-likeness (QED) is 0.841. The third kappa shape index (κ3) is 4.17. The average molecular weight is 288 g/mol. The van der Waals surface area contributed by atoms with Gasteiger partial charge in [-0.15, -0.1) is 0 Å². The van der Waals surface area contributed by atoms with Gasteiger partial charge in [-0.1, -0.05) is 37.3 Å². The standard InChI is InChI=1S/C17H24N2S/c1-14(16-6-4-3-5-7-16)10-17(11-18)19(2)12-15-8-9-20-13-15/h3-9,13-14,17H,10-12,18H2,1-2H3. The number of nitrogens with zero attached hydrogens (tertiary/aromatic N) is 1. The van der Waals surface area contributed by atoms with Gasteiger partial charge in [0.2, 0.25) is 0 Å². The summed E-state index contributed by atoms with van der Waals surface area (Å²) < 4.78 is 0. The molecule has 1 aromatic heterocycles. The SMILES string of the molecule is CC(CC(CN)N(C)Cc1ccsc1)c1ccccc1. The van der Waals surface area contributed by atoms with Crippen LogP contribution in [0, 0.1) is 0 Å². The molecule has 108 valence electrons. The molecule has 2 rings (SSSR count). The molecule has 2 atom stereocenters. The van der Waals surface area contributed by atoms with Crippen LogP contribution in [0.25, 0.3) is 0 Å². The van der Waals surface area contributed by atoms with Gasteiger partial charge in [0.15, 0.2) is 0 Å². The van der Waals surface area contributed by atoms with E-state index in [9.17, 15) is 0 Å². The zero-order chi connectivity index (χ0) is 14.4. The van der Waals surface area contributed by atoms with Crippen molar-refractivity contribution in [3.8, 4) is 0 Å². The number of benzene rings is 1. The number of rotatable bonds is 7. The molecule has 1 aromatic carbocycles. The number of thiophene rings is 1. The maximum atomic E-state index is 5.99. The molecule has 0 radical (unpaired) electrons. The lowest BCUT2D eigenvalue weighted by molar-refractivity contribution is 0.219. The lowest BCUT2D eigenvalue weighted by Gasteiger charge is -2.29. The van der Waals surface area contributed by atoms with Crippen LogP contribution in [0.1, 0.15) is 30.4 Å². The normalized spacial score (nSPS) is 14.4. The van der Waals surface area contributed by atoms with Crippen LogP contribution in [0.5, 0.6) is 0 Å². The molecule has 0 saturated heterocycles. The van der Waals surface area contributed by atoms with E-state index in [-0.39, 0.29) is 0 Å². The highest BCUT2D eigenvalue weighted by Gasteiger charge is 2.17. The second-order valence-corrected chi connectivity index (χ2v) is 6.26. The molecule has 0 bridgehead atoms. The molecular formula is C17H24N2S. The van der Waals surface area contributed by atoms with Gasteiger partial charge in [-0.05, 0) is 47.3 Å². The molecule has 20 heavy (non-hydrogen) atoms. The van der Waals surface area contributed by atoms with E-state index in [2.05, 4.69) is 66.0 Å². The molecule has 0 aliphatic carbocycles. The summed E-state index contributed by atoms with van der Waals surface area (Å²) in [5, 5.41) is 4.35. The molecular weight excluding hydrogens is 264 g/mol. The van der Waals surface area contributed by atoms with Crippen molar-refractivity contribution in [3.05, 3.63) is 58.3 Å². The van der Waals surface area contributed by atoms with Crippen molar-refractivity contribution in [3.63, 3.8) is 0 Å². The van der Waals surface area contributed by atoms with Crippen molar-refractivity contribution < 1.29 is 0 Å². The maximum Gasteiger partial charge on any atom is 0.0242 e. The Kier molecular flexibility index (Phi) is 5.77. The highest BCUT2D eigenvalue weighted by molar-refractivity contribution is 7.07. The Morgan fingerprint density at radius 1 is 1.20 bits per heavy atom. The first kappa shape index (κ1) is 15.2. The number of hydrogen-bond acceptors (Lipinski definition) is 3. The molecule has 0 amide bonds. The smallest absolute Gasteiger partial charge is 0.0242 e. The van der Waals surface area contributed by atoms with Gasteiger partial charge >= 0.3 is 0 Å². The molecule has 0 fully saturated rings. The van der Waals surface area contributed by atoms with E-state index < -0.39 is 0 Å². The molecule has 0 aliphatic rings. The molecule has 0 aliphatic heterocycles. The van der Waals surface area contributed by atoms with Crippen molar-refractivity contribution in [2.45, 2.75) is 31.8 Å². The fourth-order valence-corrected chi connectivity index (χ4v) is 3.24. The van der Waals surface area contributed by atoms with E-state index in [0.29, 0.717) is 18.5 Å². The Labute approximate surface area is 126 Å². The van der Waals surface area contributed by atoms with Crippen molar-refractivity contribution in [2.24, 2.45) is 5.73 Å². The van der Waals surface area contributed by atoms with Crippen molar-refractivity contribution in [1.29, 1.82) is 0 Å². The third-order valence-corrected chi connectivity index (χ3v) is 4.63. The van der Waals surface area contributed by atoms with E-state index in [1.54, 1.807) is 11.3 Å². The van der Waals surface area contributed by atoms with Gasteiger partial charge in [-0.25, -0.2) is 0 Å². The predicted molar refractivity (Wildman–Crippen MR) is 88.1 cm³/mol. The molecule has 3 heteroatoms. The van der Waals surface area contributed by atoms with E-state index in [1.165, 1.54) is 11.1 Å². The zero-order valence-electron chi connectivity index (χ0n) is 12.3. The van der Waals surface area contributed by atoms with Crippen molar-refractivity contribution in [1.82, 2.24) is 4.90 Å². The molecule has 1 heterocycles. The van der Waals surface area contributed by atoms with Crippen molar-refractivity contribution in [2.75, 3.05) is 13.6 Å². The summed E-state index contributed by atoms with van der Waals surface area (Å²) in [6, 6.07) is 13.3. The monoisotopic (exact) mass is 288 g/mol. The molecule has 2 nitrogen and oxygen atoms in total. The molecule has 0 saturated carbocycles. The van der Waals surface area contributed by atoms with Crippen LogP contribution in [0.2, 0.25) is 0 Å². The van der Waals surface area contributed by atoms with Gasteiger partial charge in [0.25, 0.3) is 0 Å². The Morgan fingerprint density at radius 2 is 1.95 bits per heavy atom. The fraction of sp³-hybridized carbons (Fsp3) is 0.412. The van der Waals surface area contributed by atoms with Gasteiger partial charge in [-0.2, -0.15) is 11.3 Å². The van der Waals surface area contributed by atoms with E-state index in [1.807, 2.05) is 0 Å². The second-order valence-electron chi connectivity index (χ2n) is 5.48. The number of likely N-dealkylation sites (N-methyl/N-ethyl adjacent to an activating group) is 1. The van der Waals surface area contributed by atoms with Crippen LogP contribution in [-0.2, 0) is 6.54 Å². The van der Waals surface area contributed by atoms with Gasteiger partial charge in [0.05, 0.1) is 0 Å². The van der Waals surface area contributed by atoms with Gasteiger partial charge in [-0.3, -0.25) is 4.90 Å². The van der Waals surface area contributed by atoms with Crippen LogP contribution in [0.3, 0.4) is 0 Å². The Balaban J connectivity index is 1.94. The highest BCUT2D eigenvalue weighted by Crippen LogP contribution is 2.22. The average Bonchev–Trinajstić information content (AvgIpc) is 2.98. The molecule has 2 N–H and O–H groups in total. The van der Waals surface area contributed by atoms with Crippen LogP contribution in [0.15, 0.2) is 47.2 Å². The van der Waals surface area contributed by atoms with E-state index in [4.69, 9.17) is 5.73 Å². The largest absolute Gasteiger partial charge is 0.329 e. The minimum atomic E-state index is 0.421. The topological polar surface area (TPSA) is 29.3 Å². The first-order valence-corrected chi connectivity index (χ1v) is 8.11. The lowest BCUT2D eigenvalue weighted by Crippen LogP contribution is -2.38. The predicted octanol–water partition coefficient (Wildman–Crippen LogP) is 3.70. The number of hydrogen-bond donors (Lipinski definition) is 1. The first-order valence-electron chi connectivity index (χ1n) is 7.17. The van der Waals surface area contributed by atoms with Crippen LogP contribution in [-0.4, -0.2) is 24.5 Å². The van der Waals surface area contributed by atoms with Crippen molar-refractivity contribution >= 4 is 11.3 Å². The van der Waals surface area contributed by atoms with Crippen LogP contribution in [0.4, 0.5) is 0 Å². The van der Waals surface area contributed by atoms with Crippen LogP contribution >= 0.6 is 11.3 Å². The first-order chi connectivity index (χ1) is 9.70. The second kappa shape index (κ2) is 7.58. The zero-order valence-corrected chi connectivity index (χ0v) is 13.1. The highest BCUT2D eigenvalue weighted by atomic mass is 32.1. The van der Waals surface area contributed by atoms with Crippen LogP contribution < -0.4 is 5.73 Å². The summed E-state index contributed by atoms with van der Waals surface area (Å²) in [6.07, 6.45) is 1.10. The summed E-state index contributed by atoms with van der Waals surface area (Å²) in [5.74, 6) is 0.537. The Bertz CT molecular complexity index is 481.